The average Bonchev–Trinajstić information content (AvgIpc) is 2.10. The minimum absolute atomic E-state index is 0.190. The van der Waals surface area contributed by atoms with Gasteiger partial charge < -0.3 is 0 Å². The Morgan fingerprint density at radius 3 is 2.50 bits per heavy atom. The molecule has 0 N–H and O–H groups in total. The molecule has 0 saturated carbocycles. The van der Waals surface area contributed by atoms with Crippen LogP contribution in [-0.4, -0.2) is 23.9 Å². The first-order valence-electron chi connectivity index (χ1n) is 3.29. The van der Waals surface area contributed by atoms with Crippen LogP contribution < -0.4 is 0 Å². The summed E-state index contributed by atoms with van der Waals surface area (Å²) in [6, 6.07) is 0. The molecule has 1 aliphatic heterocycles. The van der Waals surface area contributed by atoms with Crippen molar-refractivity contribution < 1.29 is 8.42 Å². The molecule has 0 unspecified atom stereocenters. The first kappa shape index (κ1) is 8.36. The van der Waals surface area contributed by atoms with Crippen molar-refractivity contribution in [3.8, 4) is 0 Å². The van der Waals surface area contributed by atoms with E-state index in [0.717, 1.165) is 10.1 Å². The summed E-state index contributed by atoms with van der Waals surface area (Å²) >= 11 is 3.83. The lowest BCUT2D eigenvalue weighted by Gasteiger charge is -2.07. The first-order valence-corrected chi connectivity index (χ1v) is 5.19. The zero-order chi connectivity index (χ0) is 7.78. The van der Waals surface area contributed by atoms with Crippen LogP contribution >= 0.6 is 12.8 Å². The van der Waals surface area contributed by atoms with Gasteiger partial charge in [-0.3, -0.25) is 0 Å². The number of hydrogen-bond donors (Lipinski definition) is 1. The van der Waals surface area contributed by atoms with Gasteiger partial charge >= 0.3 is 0 Å². The van der Waals surface area contributed by atoms with Gasteiger partial charge in [-0.2, -0.15) is 0 Å². The Morgan fingerprint density at radius 1 is 1.70 bits per heavy atom. The Kier molecular flexibility index (Phi) is 2.27. The van der Waals surface area contributed by atoms with E-state index in [-0.39, 0.29) is 5.25 Å². The van der Waals surface area contributed by atoms with Gasteiger partial charge in [0.25, 0.3) is 0 Å². The molecule has 1 aliphatic rings. The molecule has 10 heavy (non-hydrogen) atoms. The van der Waals surface area contributed by atoms with E-state index in [2.05, 4.69) is 12.8 Å². The van der Waals surface area contributed by atoms with Gasteiger partial charge in [-0.25, -0.2) is 8.42 Å². The molecule has 0 amide bonds. The highest BCUT2D eigenvalue weighted by Gasteiger charge is 2.35. The van der Waals surface area contributed by atoms with Crippen molar-refractivity contribution in [2.24, 2.45) is 0 Å². The topological polar surface area (TPSA) is 37.4 Å². The van der Waals surface area contributed by atoms with E-state index in [1.165, 1.54) is 0 Å². The zero-order valence-corrected chi connectivity index (χ0v) is 7.53. The molecule has 0 spiro atoms. The van der Waals surface area contributed by atoms with Crippen molar-refractivity contribution >= 4 is 22.8 Å². The van der Waals surface area contributed by atoms with Crippen molar-refractivity contribution in [1.29, 1.82) is 0 Å². The fourth-order valence-corrected chi connectivity index (χ4v) is 3.16. The van der Waals surface area contributed by atoms with Crippen LogP contribution in [0.1, 0.15) is 19.8 Å². The molecule has 5 heteroatoms. The van der Waals surface area contributed by atoms with E-state index in [1.54, 1.807) is 0 Å². The summed E-state index contributed by atoms with van der Waals surface area (Å²) in [5, 5.41) is -0.190. The van der Waals surface area contributed by atoms with Crippen LogP contribution in [0, 0.1) is 0 Å². The van der Waals surface area contributed by atoms with Gasteiger partial charge in [0, 0.05) is 6.54 Å². The molecule has 1 rings (SSSR count). The Bertz CT molecular complexity index is 212. The molecule has 60 valence electrons. The van der Waals surface area contributed by atoms with Gasteiger partial charge in [0.2, 0.25) is 10.0 Å². The SMILES string of the molecule is CC[C@H]1CCN(S)S1(=O)=O. The summed E-state index contributed by atoms with van der Waals surface area (Å²) in [5.74, 6) is 0. The van der Waals surface area contributed by atoms with Gasteiger partial charge in [0.15, 0.2) is 0 Å². The molecule has 0 aromatic heterocycles. The number of hydrogen-bond acceptors (Lipinski definition) is 3. The molecule has 0 aromatic carbocycles. The van der Waals surface area contributed by atoms with Crippen molar-refractivity contribution in [2.45, 2.75) is 25.0 Å². The van der Waals surface area contributed by atoms with Crippen LogP contribution in [0.25, 0.3) is 0 Å². The zero-order valence-electron chi connectivity index (χ0n) is 5.82. The smallest absolute Gasteiger partial charge is 0.211 e. The number of sulfonamides is 1. The monoisotopic (exact) mass is 181 g/mol. The third-order valence-corrected chi connectivity index (χ3v) is 4.88. The summed E-state index contributed by atoms with van der Waals surface area (Å²) in [5.41, 5.74) is 0. The van der Waals surface area contributed by atoms with Crippen LogP contribution in [0.2, 0.25) is 0 Å². The van der Waals surface area contributed by atoms with Gasteiger partial charge in [-0.05, 0) is 12.8 Å². The summed E-state index contributed by atoms with van der Waals surface area (Å²) in [6.07, 6.45) is 1.42. The minimum Gasteiger partial charge on any atom is -0.211 e. The predicted octanol–water partition coefficient (Wildman–Crippen LogP) is 0.645. The Labute approximate surface area is 67.0 Å². The molecule has 0 aromatic rings. The molecule has 1 heterocycles. The molecule has 0 radical (unpaired) electrons. The summed E-state index contributed by atoms with van der Waals surface area (Å²) in [4.78, 5) is 0. The molecule has 1 atom stereocenters. The highest BCUT2D eigenvalue weighted by Crippen LogP contribution is 2.24. The van der Waals surface area contributed by atoms with Crippen LogP contribution in [0.4, 0.5) is 0 Å². The third-order valence-electron chi connectivity index (χ3n) is 1.81. The largest absolute Gasteiger partial charge is 0.226 e. The fraction of sp³-hybridized carbons (Fsp3) is 1.00. The van der Waals surface area contributed by atoms with Crippen LogP contribution in [0.3, 0.4) is 0 Å². The third kappa shape index (κ3) is 1.17. The fourth-order valence-electron chi connectivity index (χ4n) is 1.12. The molecular formula is C5H11NO2S2. The Morgan fingerprint density at radius 2 is 2.30 bits per heavy atom. The van der Waals surface area contributed by atoms with E-state index in [0.29, 0.717) is 13.0 Å². The normalized spacial score (nSPS) is 32.8. The quantitative estimate of drug-likeness (QED) is 0.603. The maximum absolute atomic E-state index is 11.2. The Hall–Kier alpha value is 0.260. The number of nitrogens with zero attached hydrogens (tertiary/aromatic N) is 1. The lowest BCUT2D eigenvalue weighted by molar-refractivity contribution is 0.564. The average molecular weight is 181 g/mol. The molecular weight excluding hydrogens is 170 g/mol. The van der Waals surface area contributed by atoms with E-state index in [1.807, 2.05) is 6.92 Å². The summed E-state index contributed by atoms with van der Waals surface area (Å²) in [6.45, 7) is 2.44. The van der Waals surface area contributed by atoms with Gasteiger partial charge in [-0.1, -0.05) is 19.7 Å². The lowest BCUT2D eigenvalue weighted by Crippen LogP contribution is -2.21. The van der Waals surface area contributed by atoms with Crippen molar-refractivity contribution in [3.63, 3.8) is 0 Å². The number of rotatable bonds is 1. The maximum Gasteiger partial charge on any atom is 0.226 e. The van der Waals surface area contributed by atoms with E-state index < -0.39 is 10.0 Å². The molecule has 1 saturated heterocycles. The minimum atomic E-state index is -3.02. The van der Waals surface area contributed by atoms with E-state index >= 15 is 0 Å². The molecule has 1 fully saturated rings. The van der Waals surface area contributed by atoms with Gasteiger partial charge in [-0.15, -0.1) is 3.71 Å². The highest BCUT2D eigenvalue weighted by atomic mass is 32.3. The second-order valence-corrected chi connectivity index (χ2v) is 5.30. The van der Waals surface area contributed by atoms with Crippen LogP contribution in [0.5, 0.6) is 0 Å². The van der Waals surface area contributed by atoms with Gasteiger partial charge in [0.05, 0.1) is 5.25 Å². The molecule has 0 bridgehead atoms. The predicted molar refractivity (Wildman–Crippen MR) is 43.3 cm³/mol. The van der Waals surface area contributed by atoms with Crippen molar-refractivity contribution in [2.75, 3.05) is 6.54 Å². The van der Waals surface area contributed by atoms with Crippen LogP contribution in [-0.2, 0) is 10.0 Å². The first-order chi connectivity index (χ1) is 4.59. The number of thiol groups is 1. The van der Waals surface area contributed by atoms with E-state index in [4.69, 9.17) is 0 Å². The van der Waals surface area contributed by atoms with Crippen LogP contribution in [0.15, 0.2) is 0 Å². The highest BCUT2D eigenvalue weighted by molar-refractivity contribution is 8.00. The second kappa shape index (κ2) is 2.71. The standard InChI is InChI=1S/C5H11NO2S2/c1-2-5-3-4-6(9)10(5,7)8/h5,9H,2-4H2,1H3/t5-/m0/s1. The Balaban J connectivity index is 2.85. The summed E-state index contributed by atoms with van der Waals surface area (Å²) in [7, 11) is -3.02. The van der Waals surface area contributed by atoms with Gasteiger partial charge in [0.1, 0.15) is 0 Å². The lowest BCUT2D eigenvalue weighted by atomic mass is 10.2. The molecule has 3 nitrogen and oxygen atoms in total. The van der Waals surface area contributed by atoms with E-state index in [9.17, 15) is 8.42 Å². The summed E-state index contributed by atoms with van der Waals surface area (Å²) < 4.78 is 23.5. The van der Waals surface area contributed by atoms with Crippen molar-refractivity contribution in [1.82, 2.24) is 3.71 Å². The van der Waals surface area contributed by atoms with Crippen molar-refractivity contribution in [3.05, 3.63) is 0 Å². The maximum atomic E-state index is 11.2. The molecule has 0 aliphatic carbocycles. The second-order valence-electron chi connectivity index (χ2n) is 2.41.